The van der Waals surface area contributed by atoms with Gasteiger partial charge in [-0.25, -0.2) is 13.5 Å². The summed E-state index contributed by atoms with van der Waals surface area (Å²) in [5.74, 6) is 0.0308. The maximum absolute atomic E-state index is 13.2. The van der Waals surface area contributed by atoms with Gasteiger partial charge in [0, 0.05) is 24.9 Å². The molecule has 1 aliphatic rings. The number of nitrogens with zero attached hydrogens (tertiary/aromatic N) is 3. The van der Waals surface area contributed by atoms with E-state index in [0.29, 0.717) is 18.5 Å². The Morgan fingerprint density at radius 3 is 2.67 bits per heavy atom. The van der Waals surface area contributed by atoms with E-state index in [2.05, 4.69) is 10.1 Å². The Morgan fingerprint density at radius 1 is 1.22 bits per heavy atom. The lowest BCUT2D eigenvalue weighted by Crippen LogP contribution is -2.20. The largest absolute Gasteiger partial charge is 0.366 e. The van der Waals surface area contributed by atoms with E-state index in [4.69, 9.17) is 5.73 Å². The number of nitrogens with two attached hydrogens (primary N) is 1. The van der Waals surface area contributed by atoms with E-state index in [1.807, 2.05) is 0 Å². The van der Waals surface area contributed by atoms with Gasteiger partial charge in [-0.2, -0.15) is 4.98 Å². The van der Waals surface area contributed by atoms with Crippen LogP contribution in [0.4, 0.5) is 14.7 Å². The van der Waals surface area contributed by atoms with Crippen molar-refractivity contribution in [3.05, 3.63) is 41.2 Å². The summed E-state index contributed by atoms with van der Waals surface area (Å²) >= 11 is 0. The molecule has 94 valence electrons. The van der Waals surface area contributed by atoms with E-state index in [0.717, 1.165) is 18.3 Å². The van der Waals surface area contributed by atoms with Gasteiger partial charge in [-0.1, -0.05) is 0 Å². The predicted molar refractivity (Wildman–Crippen MR) is 61.9 cm³/mol. The molecular formula is C12H12F2N4. The zero-order valence-corrected chi connectivity index (χ0v) is 9.61. The molecule has 2 N–H and O–H groups in total. The lowest BCUT2D eigenvalue weighted by atomic mass is 9.91. The third kappa shape index (κ3) is 1.94. The Kier molecular flexibility index (Phi) is 2.50. The van der Waals surface area contributed by atoms with Crippen molar-refractivity contribution in [2.45, 2.75) is 25.3 Å². The minimum Gasteiger partial charge on any atom is -0.366 e. The zero-order chi connectivity index (χ0) is 12.7. The summed E-state index contributed by atoms with van der Waals surface area (Å²) in [6.07, 6.45) is 1.51. The quantitative estimate of drug-likeness (QED) is 0.840. The first-order valence-corrected chi connectivity index (χ1v) is 5.77. The number of benzene rings is 1. The van der Waals surface area contributed by atoms with Crippen molar-refractivity contribution in [1.82, 2.24) is 14.8 Å². The van der Waals surface area contributed by atoms with E-state index in [1.165, 1.54) is 12.1 Å². The molecule has 0 saturated carbocycles. The van der Waals surface area contributed by atoms with Crippen LogP contribution in [0.15, 0.2) is 18.2 Å². The van der Waals surface area contributed by atoms with Crippen LogP contribution in [0, 0.1) is 11.6 Å². The summed E-state index contributed by atoms with van der Waals surface area (Å²) in [6, 6.07) is 3.63. The number of fused-ring (bicyclic) bond motifs is 1. The van der Waals surface area contributed by atoms with Crippen LogP contribution < -0.4 is 5.73 Å². The molecule has 4 nitrogen and oxygen atoms in total. The number of nitrogen functional groups attached to an aromatic ring is 1. The SMILES string of the molecule is Nc1nc2n(n1)CC(c1cc(F)cc(F)c1)CC2. The van der Waals surface area contributed by atoms with Crippen LogP contribution >= 0.6 is 0 Å². The summed E-state index contributed by atoms with van der Waals surface area (Å²) in [5.41, 5.74) is 6.19. The van der Waals surface area contributed by atoms with Crippen molar-refractivity contribution >= 4 is 5.95 Å². The van der Waals surface area contributed by atoms with Crippen molar-refractivity contribution in [2.24, 2.45) is 0 Å². The summed E-state index contributed by atoms with van der Waals surface area (Å²) in [4.78, 5) is 4.10. The molecule has 0 amide bonds. The highest BCUT2D eigenvalue weighted by atomic mass is 19.1. The minimum absolute atomic E-state index is 0.0452. The Labute approximate surface area is 102 Å². The first-order valence-electron chi connectivity index (χ1n) is 5.77. The molecule has 1 aromatic heterocycles. The van der Waals surface area contributed by atoms with Gasteiger partial charge in [0.1, 0.15) is 17.5 Å². The topological polar surface area (TPSA) is 56.7 Å². The van der Waals surface area contributed by atoms with Crippen LogP contribution in [0.5, 0.6) is 0 Å². The fourth-order valence-electron chi connectivity index (χ4n) is 2.41. The molecule has 6 heteroatoms. The highest BCUT2D eigenvalue weighted by Crippen LogP contribution is 2.29. The molecule has 0 bridgehead atoms. The standard InChI is InChI=1S/C12H12F2N4/c13-9-3-8(4-10(14)5-9)7-1-2-11-16-12(15)17-18(11)6-7/h3-5,7H,1-2,6H2,(H2,15,17). The van der Waals surface area contributed by atoms with Crippen LogP contribution in [0.25, 0.3) is 0 Å². The number of rotatable bonds is 1. The zero-order valence-electron chi connectivity index (χ0n) is 9.61. The molecule has 0 saturated heterocycles. The highest BCUT2D eigenvalue weighted by molar-refractivity contribution is 5.24. The first kappa shape index (κ1) is 11.1. The van der Waals surface area contributed by atoms with Gasteiger partial charge in [0.05, 0.1) is 0 Å². The molecule has 1 atom stereocenters. The van der Waals surface area contributed by atoms with Crippen molar-refractivity contribution in [3.63, 3.8) is 0 Å². The predicted octanol–water partition coefficient (Wildman–Crippen LogP) is 1.87. The maximum Gasteiger partial charge on any atom is 0.239 e. The first-order chi connectivity index (χ1) is 8.61. The summed E-state index contributed by atoms with van der Waals surface area (Å²) in [6.45, 7) is 0.558. The molecule has 2 heterocycles. The van der Waals surface area contributed by atoms with E-state index >= 15 is 0 Å². The molecule has 3 rings (SSSR count). The number of hydrogen-bond acceptors (Lipinski definition) is 3. The highest BCUT2D eigenvalue weighted by Gasteiger charge is 2.23. The maximum atomic E-state index is 13.2. The summed E-state index contributed by atoms with van der Waals surface area (Å²) < 4.78 is 28.1. The molecule has 2 aromatic rings. The molecule has 1 aromatic carbocycles. The fourth-order valence-corrected chi connectivity index (χ4v) is 2.41. The van der Waals surface area contributed by atoms with Gasteiger partial charge in [0.15, 0.2) is 0 Å². The summed E-state index contributed by atoms with van der Waals surface area (Å²) in [5, 5.41) is 4.07. The van der Waals surface area contributed by atoms with Gasteiger partial charge in [0.25, 0.3) is 0 Å². The van der Waals surface area contributed by atoms with Crippen LogP contribution in [0.1, 0.15) is 23.7 Å². The molecule has 18 heavy (non-hydrogen) atoms. The molecule has 1 unspecified atom stereocenters. The number of aryl methyl sites for hydroxylation is 1. The second-order valence-corrected chi connectivity index (χ2v) is 4.51. The van der Waals surface area contributed by atoms with Crippen molar-refractivity contribution in [3.8, 4) is 0 Å². The van der Waals surface area contributed by atoms with Crippen LogP contribution in [-0.2, 0) is 13.0 Å². The lowest BCUT2D eigenvalue weighted by Gasteiger charge is -2.22. The average Bonchev–Trinajstić information content (AvgIpc) is 2.66. The Bertz CT molecular complexity index is 574. The minimum atomic E-state index is -0.547. The number of aromatic nitrogens is 3. The normalized spacial score (nSPS) is 18.7. The van der Waals surface area contributed by atoms with Gasteiger partial charge in [0.2, 0.25) is 5.95 Å². The van der Waals surface area contributed by atoms with Crippen molar-refractivity contribution < 1.29 is 8.78 Å². The van der Waals surface area contributed by atoms with Crippen LogP contribution in [0.2, 0.25) is 0 Å². The second kappa shape index (κ2) is 4.04. The average molecular weight is 250 g/mol. The van der Waals surface area contributed by atoms with E-state index in [-0.39, 0.29) is 11.9 Å². The molecule has 1 aliphatic heterocycles. The summed E-state index contributed by atoms with van der Waals surface area (Å²) in [7, 11) is 0. The molecule has 0 spiro atoms. The molecule has 0 fully saturated rings. The van der Waals surface area contributed by atoms with Gasteiger partial charge in [-0.3, -0.25) is 0 Å². The lowest BCUT2D eigenvalue weighted by molar-refractivity contribution is 0.420. The van der Waals surface area contributed by atoms with Crippen LogP contribution in [-0.4, -0.2) is 14.8 Å². The van der Waals surface area contributed by atoms with Crippen molar-refractivity contribution in [2.75, 3.05) is 5.73 Å². The number of hydrogen-bond donors (Lipinski definition) is 1. The number of halogens is 2. The van der Waals surface area contributed by atoms with E-state index in [1.54, 1.807) is 4.68 Å². The third-order valence-electron chi connectivity index (χ3n) is 3.23. The Balaban J connectivity index is 1.91. The molecular weight excluding hydrogens is 238 g/mol. The molecule has 0 aliphatic carbocycles. The Hall–Kier alpha value is -1.98. The van der Waals surface area contributed by atoms with Crippen LogP contribution in [0.3, 0.4) is 0 Å². The van der Waals surface area contributed by atoms with E-state index < -0.39 is 11.6 Å². The fraction of sp³-hybridized carbons (Fsp3) is 0.333. The smallest absolute Gasteiger partial charge is 0.239 e. The van der Waals surface area contributed by atoms with Gasteiger partial charge in [-0.05, 0) is 24.1 Å². The van der Waals surface area contributed by atoms with Gasteiger partial charge in [-0.15, -0.1) is 5.10 Å². The van der Waals surface area contributed by atoms with Crippen molar-refractivity contribution in [1.29, 1.82) is 0 Å². The molecule has 0 radical (unpaired) electrons. The third-order valence-corrected chi connectivity index (χ3v) is 3.23. The number of anilines is 1. The Morgan fingerprint density at radius 2 is 1.94 bits per heavy atom. The monoisotopic (exact) mass is 250 g/mol. The van der Waals surface area contributed by atoms with Gasteiger partial charge < -0.3 is 5.73 Å². The second-order valence-electron chi connectivity index (χ2n) is 4.51. The van der Waals surface area contributed by atoms with Gasteiger partial charge >= 0.3 is 0 Å². The van der Waals surface area contributed by atoms with E-state index in [9.17, 15) is 8.78 Å².